The van der Waals surface area contributed by atoms with Gasteiger partial charge in [-0.3, -0.25) is 28.8 Å². The minimum atomic E-state index is -0.851. The number of para-hydroxylation sites is 2. The summed E-state index contributed by atoms with van der Waals surface area (Å²) in [5.74, 6) is -4.58. The van der Waals surface area contributed by atoms with Crippen molar-refractivity contribution >= 4 is 46.8 Å². The van der Waals surface area contributed by atoms with E-state index in [2.05, 4.69) is 0 Å². The normalized spacial score (nSPS) is 10.2. The number of amides is 6. The summed E-state index contributed by atoms with van der Waals surface area (Å²) in [4.78, 5) is 77.7. The zero-order valence-electron chi connectivity index (χ0n) is 21.3. The average Bonchev–Trinajstić information content (AvgIpc) is 2.89. The van der Waals surface area contributed by atoms with Crippen LogP contribution in [0.5, 0.6) is 0 Å². The number of hydrazine groups is 2. The van der Waals surface area contributed by atoms with E-state index in [0.717, 1.165) is 37.7 Å². The Bertz CT molecular complexity index is 1260. The van der Waals surface area contributed by atoms with Crippen molar-refractivity contribution in [3.63, 3.8) is 0 Å². The molecule has 0 radical (unpaired) electrons. The molecule has 0 aliphatic heterocycles. The summed E-state index contributed by atoms with van der Waals surface area (Å²) in [5.41, 5.74) is 0.0852. The Morgan fingerprint density at radius 2 is 0.684 bits per heavy atom. The molecule has 0 saturated heterocycles. The highest BCUT2D eigenvalue weighted by Gasteiger charge is 2.35. The van der Waals surface area contributed by atoms with Crippen molar-refractivity contribution in [1.82, 2.24) is 10.0 Å². The number of anilines is 2. The first-order valence-corrected chi connectivity index (χ1v) is 11.6. The van der Waals surface area contributed by atoms with Crippen molar-refractivity contribution in [2.75, 3.05) is 10.0 Å². The number of carbonyl (C=O) groups is 6. The lowest BCUT2D eigenvalue weighted by molar-refractivity contribution is -0.144. The molecule has 0 aliphatic rings. The van der Waals surface area contributed by atoms with E-state index in [4.69, 9.17) is 0 Å². The van der Waals surface area contributed by atoms with Crippen LogP contribution in [-0.4, -0.2) is 45.5 Å². The Labute approximate surface area is 219 Å². The molecule has 0 atom stereocenters. The maximum Gasteiger partial charge on any atom is 0.278 e. The standard InChI is InChI=1S/C28H26N4O6/c1-19(33)29(20(2)34)31(23-13-7-5-8-14-23)27(37)25-17-11-12-18-26(25)28(38)32(24-15-9-6-10-16-24)30(21(3)35)22(4)36/h5-18H,1-4H3. The largest absolute Gasteiger partial charge is 0.278 e. The van der Waals surface area contributed by atoms with Gasteiger partial charge >= 0.3 is 0 Å². The van der Waals surface area contributed by atoms with Gasteiger partial charge in [0.15, 0.2) is 0 Å². The smallest absolute Gasteiger partial charge is 0.273 e. The molecule has 0 spiro atoms. The van der Waals surface area contributed by atoms with E-state index in [0.29, 0.717) is 10.0 Å². The molecule has 0 fully saturated rings. The summed E-state index contributed by atoms with van der Waals surface area (Å²) in [5, 5.41) is 3.12. The van der Waals surface area contributed by atoms with Crippen molar-refractivity contribution in [2.24, 2.45) is 0 Å². The summed E-state index contributed by atoms with van der Waals surface area (Å²) in [6.07, 6.45) is 0. The molecule has 0 aromatic heterocycles. The molecule has 10 nitrogen and oxygen atoms in total. The van der Waals surface area contributed by atoms with Gasteiger partial charge in [-0.15, -0.1) is 0 Å². The monoisotopic (exact) mass is 514 g/mol. The van der Waals surface area contributed by atoms with Gasteiger partial charge in [0, 0.05) is 27.7 Å². The Morgan fingerprint density at radius 1 is 0.421 bits per heavy atom. The third-order valence-electron chi connectivity index (χ3n) is 5.37. The summed E-state index contributed by atoms with van der Waals surface area (Å²) in [6, 6.07) is 21.8. The Hall–Kier alpha value is -5.12. The van der Waals surface area contributed by atoms with Crippen molar-refractivity contribution in [1.29, 1.82) is 0 Å². The molecule has 0 saturated carbocycles. The molecule has 6 amide bonds. The average molecular weight is 515 g/mol. The molecule has 194 valence electrons. The lowest BCUT2D eigenvalue weighted by Gasteiger charge is -2.34. The second-order valence-corrected chi connectivity index (χ2v) is 8.15. The summed E-state index contributed by atoms with van der Waals surface area (Å²) in [6.45, 7) is 4.54. The van der Waals surface area contributed by atoms with Gasteiger partial charge in [-0.25, -0.2) is 10.0 Å². The number of hydrogen-bond acceptors (Lipinski definition) is 6. The second-order valence-electron chi connectivity index (χ2n) is 8.15. The van der Waals surface area contributed by atoms with Crippen LogP contribution in [0.4, 0.5) is 11.4 Å². The molecule has 3 rings (SSSR count). The molecule has 0 bridgehead atoms. The van der Waals surface area contributed by atoms with Crippen LogP contribution in [0.1, 0.15) is 48.4 Å². The fourth-order valence-electron chi connectivity index (χ4n) is 3.88. The first-order chi connectivity index (χ1) is 18.1. The van der Waals surface area contributed by atoms with Crippen molar-refractivity contribution in [3.8, 4) is 0 Å². The summed E-state index contributed by atoms with van der Waals surface area (Å²) in [7, 11) is 0. The zero-order chi connectivity index (χ0) is 28.0. The Balaban J connectivity index is 2.22. The SMILES string of the molecule is CC(=O)N(C(C)=O)N(C(=O)c1ccccc1C(=O)N(c1ccccc1)N(C(C)=O)C(C)=O)c1ccccc1. The Morgan fingerprint density at radius 3 is 0.947 bits per heavy atom. The highest BCUT2D eigenvalue weighted by Crippen LogP contribution is 2.25. The van der Waals surface area contributed by atoms with Gasteiger partial charge in [0.1, 0.15) is 0 Å². The van der Waals surface area contributed by atoms with Crippen molar-refractivity contribution in [3.05, 3.63) is 96.1 Å². The van der Waals surface area contributed by atoms with E-state index in [-0.39, 0.29) is 22.5 Å². The third-order valence-corrected chi connectivity index (χ3v) is 5.37. The number of imide groups is 2. The third kappa shape index (κ3) is 5.65. The van der Waals surface area contributed by atoms with E-state index in [1.807, 2.05) is 0 Å². The minimum absolute atomic E-state index is 0.165. The van der Waals surface area contributed by atoms with Gasteiger partial charge in [0.2, 0.25) is 23.6 Å². The molecule has 0 N–H and O–H groups in total. The molecule has 0 aliphatic carbocycles. The lowest BCUT2D eigenvalue weighted by atomic mass is 10.0. The predicted octanol–water partition coefficient (Wildman–Crippen LogP) is 3.60. The van der Waals surface area contributed by atoms with E-state index in [9.17, 15) is 28.8 Å². The molecular weight excluding hydrogens is 488 g/mol. The van der Waals surface area contributed by atoms with Crippen LogP contribution in [-0.2, 0) is 19.2 Å². The topological polar surface area (TPSA) is 115 Å². The van der Waals surface area contributed by atoms with Crippen LogP contribution in [0.25, 0.3) is 0 Å². The van der Waals surface area contributed by atoms with Crippen LogP contribution in [0.2, 0.25) is 0 Å². The van der Waals surface area contributed by atoms with Crippen molar-refractivity contribution < 1.29 is 28.8 Å². The lowest BCUT2D eigenvalue weighted by Crippen LogP contribution is -2.53. The van der Waals surface area contributed by atoms with Crippen LogP contribution in [0.15, 0.2) is 84.9 Å². The van der Waals surface area contributed by atoms with Crippen LogP contribution < -0.4 is 10.0 Å². The predicted molar refractivity (Wildman–Crippen MR) is 139 cm³/mol. The summed E-state index contributed by atoms with van der Waals surface area (Å²) < 4.78 is 0. The molecular formula is C28H26N4O6. The first kappa shape index (κ1) is 27.5. The molecule has 0 heterocycles. The van der Waals surface area contributed by atoms with Crippen LogP contribution in [0, 0.1) is 0 Å². The van der Waals surface area contributed by atoms with E-state index in [1.165, 1.54) is 48.5 Å². The van der Waals surface area contributed by atoms with Gasteiger partial charge in [-0.05, 0) is 36.4 Å². The highest BCUT2D eigenvalue weighted by molar-refractivity contribution is 6.19. The number of nitrogens with zero attached hydrogens (tertiary/aromatic N) is 4. The van der Waals surface area contributed by atoms with Crippen molar-refractivity contribution in [2.45, 2.75) is 27.7 Å². The van der Waals surface area contributed by atoms with E-state index >= 15 is 0 Å². The highest BCUT2D eigenvalue weighted by atomic mass is 16.2. The first-order valence-electron chi connectivity index (χ1n) is 11.6. The second kappa shape index (κ2) is 11.7. The molecule has 38 heavy (non-hydrogen) atoms. The van der Waals surface area contributed by atoms with Gasteiger partial charge in [0.05, 0.1) is 22.5 Å². The maximum atomic E-state index is 14.0. The molecule has 10 heteroatoms. The van der Waals surface area contributed by atoms with Gasteiger partial charge < -0.3 is 0 Å². The number of carbonyl (C=O) groups excluding carboxylic acids is 6. The van der Waals surface area contributed by atoms with E-state index in [1.54, 1.807) is 36.4 Å². The van der Waals surface area contributed by atoms with Gasteiger partial charge in [-0.2, -0.15) is 10.0 Å². The van der Waals surface area contributed by atoms with E-state index < -0.39 is 35.4 Å². The molecule has 0 unspecified atom stereocenters. The summed E-state index contributed by atoms with van der Waals surface area (Å²) >= 11 is 0. The van der Waals surface area contributed by atoms with Gasteiger partial charge in [-0.1, -0.05) is 48.5 Å². The minimum Gasteiger partial charge on any atom is -0.273 e. The van der Waals surface area contributed by atoms with Crippen LogP contribution >= 0.6 is 0 Å². The number of benzene rings is 3. The number of hydrogen-bond donors (Lipinski definition) is 0. The molecule has 3 aromatic rings. The quantitative estimate of drug-likeness (QED) is 0.492. The van der Waals surface area contributed by atoms with Crippen LogP contribution in [0.3, 0.4) is 0 Å². The molecule has 3 aromatic carbocycles. The fourth-order valence-corrected chi connectivity index (χ4v) is 3.88. The fraction of sp³-hybridized carbons (Fsp3) is 0.143. The Kier molecular flexibility index (Phi) is 8.49. The van der Waals surface area contributed by atoms with Gasteiger partial charge in [0.25, 0.3) is 11.8 Å². The number of rotatable bonds is 4. The zero-order valence-corrected chi connectivity index (χ0v) is 21.3. The maximum absolute atomic E-state index is 14.0.